The lowest BCUT2D eigenvalue weighted by atomic mass is 10.2. The minimum absolute atomic E-state index is 0.245. The molecule has 110 valence electrons. The summed E-state index contributed by atoms with van der Waals surface area (Å²) < 4.78 is 5.59. The number of benzene rings is 1. The van der Waals surface area contributed by atoms with E-state index in [-0.39, 0.29) is 4.88 Å². The van der Waals surface area contributed by atoms with Crippen LogP contribution in [0, 0.1) is 0 Å². The molecule has 2 aromatic rings. The van der Waals surface area contributed by atoms with Crippen LogP contribution in [0.5, 0.6) is 5.75 Å². The van der Waals surface area contributed by atoms with E-state index in [9.17, 15) is 4.79 Å². The predicted octanol–water partition coefficient (Wildman–Crippen LogP) is 4.19. The number of thiazole rings is 1. The number of aromatic nitrogens is 1. The van der Waals surface area contributed by atoms with Crippen LogP contribution in [-0.4, -0.2) is 22.7 Å². The van der Waals surface area contributed by atoms with Gasteiger partial charge in [0.05, 0.1) is 12.8 Å². The van der Waals surface area contributed by atoms with Crippen LogP contribution in [0.15, 0.2) is 30.5 Å². The summed E-state index contributed by atoms with van der Waals surface area (Å²) in [5.41, 5.74) is 1.02. The van der Waals surface area contributed by atoms with Crippen molar-refractivity contribution in [2.45, 2.75) is 19.8 Å². The zero-order valence-electron chi connectivity index (χ0n) is 11.8. The van der Waals surface area contributed by atoms with Gasteiger partial charge in [0.15, 0.2) is 0 Å². The lowest BCUT2D eigenvalue weighted by Gasteiger charge is -2.04. The lowest BCUT2D eigenvalue weighted by molar-refractivity contribution is 0.0702. The highest BCUT2D eigenvalue weighted by molar-refractivity contribution is 7.14. The normalized spacial score (nSPS) is 10.9. The highest BCUT2D eigenvalue weighted by Gasteiger charge is 2.06. The van der Waals surface area contributed by atoms with Gasteiger partial charge in [-0.05, 0) is 30.2 Å². The number of unbranched alkanes of at least 4 members (excludes halogenated alkanes) is 1. The minimum Gasteiger partial charge on any atom is -0.494 e. The van der Waals surface area contributed by atoms with Crippen LogP contribution < -0.4 is 4.74 Å². The molecule has 1 aromatic carbocycles. The second-order valence-corrected chi connectivity index (χ2v) is 5.53. The maximum Gasteiger partial charge on any atom is 0.347 e. The largest absolute Gasteiger partial charge is 0.494 e. The minimum atomic E-state index is -0.944. The Bertz CT molecular complexity index is 617. The van der Waals surface area contributed by atoms with E-state index in [1.165, 1.54) is 6.20 Å². The molecule has 1 heterocycles. The number of carboxylic acids is 1. The van der Waals surface area contributed by atoms with E-state index in [2.05, 4.69) is 11.9 Å². The first-order valence-corrected chi connectivity index (χ1v) is 7.60. The summed E-state index contributed by atoms with van der Waals surface area (Å²) in [7, 11) is 0. The zero-order valence-corrected chi connectivity index (χ0v) is 12.6. The molecule has 0 saturated heterocycles. The van der Waals surface area contributed by atoms with Gasteiger partial charge in [0.25, 0.3) is 0 Å². The van der Waals surface area contributed by atoms with Gasteiger partial charge < -0.3 is 9.84 Å². The van der Waals surface area contributed by atoms with Crippen LogP contribution in [0.25, 0.3) is 12.2 Å². The summed E-state index contributed by atoms with van der Waals surface area (Å²) in [6.07, 6.45) is 7.26. The summed E-state index contributed by atoms with van der Waals surface area (Å²) >= 11 is 1.15. The van der Waals surface area contributed by atoms with Crippen molar-refractivity contribution in [2.75, 3.05) is 6.61 Å². The van der Waals surface area contributed by atoms with Crippen LogP contribution >= 0.6 is 11.3 Å². The van der Waals surface area contributed by atoms with E-state index >= 15 is 0 Å². The molecule has 0 bridgehead atoms. The molecule has 5 heteroatoms. The second kappa shape index (κ2) is 7.59. The summed E-state index contributed by atoms with van der Waals surface area (Å²) in [5, 5.41) is 9.51. The van der Waals surface area contributed by atoms with Gasteiger partial charge in [0, 0.05) is 0 Å². The first kappa shape index (κ1) is 15.3. The molecule has 0 radical (unpaired) electrons. The van der Waals surface area contributed by atoms with Crippen LogP contribution in [0.3, 0.4) is 0 Å². The Morgan fingerprint density at radius 3 is 2.71 bits per heavy atom. The number of rotatable bonds is 7. The standard InChI is InChI=1S/C16H17NO3S/c1-2-3-10-20-13-7-4-12(5-8-13)6-9-15-17-11-14(21-15)16(18)19/h4-9,11H,2-3,10H2,1H3,(H,18,19)/b9-6+. The Morgan fingerprint density at radius 1 is 1.33 bits per heavy atom. The van der Waals surface area contributed by atoms with Crippen molar-refractivity contribution in [3.8, 4) is 5.75 Å². The van der Waals surface area contributed by atoms with Gasteiger partial charge in [-0.15, -0.1) is 11.3 Å². The first-order chi connectivity index (χ1) is 10.2. The number of nitrogens with zero attached hydrogens (tertiary/aromatic N) is 1. The van der Waals surface area contributed by atoms with E-state index in [1.807, 2.05) is 36.4 Å². The highest BCUT2D eigenvalue weighted by atomic mass is 32.1. The summed E-state index contributed by atoms with van der Waals surface area (Å²) in [6, 6.07) is 7.78. The van der Waals surface area contributed by atoms with E-state index in [1.54, 1.807) is 0 Å². The predicted molar refractivity (Wildman–Crippen MR) is 84.8 cm³/mol. The number of carbonyl (C=O) groups is 1. The number of aromatic carboxylic acids is 1. The van der Waals surface area contributed by atoms with Crippen LogP contribution in [0.4, 0.5) is 0 Å². The second-order valence-electron chi connectivity index (χ2n) is 4.47. The quantitative estimate of drug-likeness (QED) is 0.779. The molecule has 1 N–H and O–H groups in total. The third kappa shape index (κ3) is 4.72. The van der Waals surface area contributed by atoms with Gasteiger partial charge in [-0.1, -0.05) is 31.6 Å². The van der Waals surface area contributed by atoms with E-state index in [0.29, 0.717) is 5.01 Å². The average molecular weight is 303 g/mol. The molecule has 0 aliphatic heterocycles. The Balaban J connectivity index is 1.95. The van der Waals surface area contributed by atoms with Crippen LogP contribution in [0.1, 0.15) is 40.0 Å². The van der Waals surface area contributed by atoms with Crippen molar-refractivity contribution in [1.29, 1.82) is 0 Å². The molecule has 2 rings (SSSR count). The van der Waals surface area contributed by atoms with E-state index in [4.69, 9.17) is 9.84 Å². The number of ether oxygens (including phenoxy) is 1. The van der Waals surface area contributed by atoms with Crippen molar-refractivity contribution >= 4 is 29.5 Å². The summed E-state index contributed by atoms with van der Waals surface area (Å²) in [5.74, 6) is -0.0799. The smallest absolute Gasteiger partial charge is 0.347 e. The van der Waals surface area contributed by atoms with Crippen molar-refractivity contribution in [2.24, 2.45) is 0 Å². The Labute approximate surface area is 127 Å². The molecule has 0 amide bonds. The first-order valence-electron chi connectivity index (χ1n) is 6.79. The molecule has 0 spiro atoms. The van der Waals surface area contributed by atoms with Gasteiger partial charge in [-0.2, -0.15) is 0 Å². The van der Waals surface area contributed by atoms with Crippen LogP contribution in [0.2, 0.25) is 0 Å². The molecule has 0 aliphatic rings. The van der Waals surface area contributed by atoms with Crippen molar-refractivity contribution < 1.29 is 14.6 Å². The van der Waals surface area contributed by atoms with Gasteiger partial charge in [0.1, 0.15) is 15.6 Å². The highest BCUT2D eigenvalue weighted by Crippen LogP contribution is 2.18. The van der Waals surface area contributed by atoms with Crippen molar-refractivity contribution in [1.82, 2.24) is 4.98 Å². The molecule has 0 aliphatic carbocycles. The number of carboxylic acid groups (broad SMARTS) is 1. The monoisotopic (exact) mass is 303 g/mol. The zero-order chi connectivity index (χ0) is 15.1. The van der Waals surface area contributed by atoms with Gasteiger partial charge >= 0.3 is 5.97 Å². The Morgan fingerprint density at radius 2 is 2.10 bits per heavy atom. The van der Waals surface area contributed by atoms with Gasteiger partial charge in [-0.3, -0.25) is 0 Å². The van der Waals surface area contributed by atoms with E-state index in [0.717, 1.165) is 42.1 Å². The fourth-order valence-electron chi connectivity index (χ4n) is 1.64. The number of hydrogen-bond donors (Lipinski definition) is 1. The van der Waals surface area contributed by atoms with Gasteiger partial charge in [-0.25, -0.2) is 9.78 Å². The molecule has 0 saturated carbocycles. The van der Waals surface area contributed by atoms with E-state index < -0.39 is 5.97 Å². The molecular weight excluding hydrogens is 286 g/mol. The Hall–Kier alpha value is -2.14. The van der Waals surface area contributed by atoms with Crippen molar-refractivity contribution in [3.05, 3.63) is 45.9 Å². The molecule has 4 nitrogen and oxygen atoms in total. The molecule has 21 heavy (non-hydrogen) atoms. The maximum atomic E-state index is 10.8. The SMILES string of the molecule is CCCCOc1ccc(/C=C/c2ncc(C(=O)O)s2)cc1. The molecular formula is C16H17NO3S. The topological polar surface area (TPSA) is 59.4 Å². The molecule has 0 atom stereocenters. The molecule has 1 aromatic heterocycles. The summed E-state index contributed by atoms with van der Waals surface area (Å²) in [4.78, 5) is 15.1. The molecule has 0 unspecified atom stereocenters. The third-order valence-corrected chi connectivity index (χ3v) is 3.75. The fourth-order valence-corrected chi connectivity index (χ4v) is 2.30. The molecule has 0 fully saturated rings. The lowest BCUT2D eigenvalue weighted by Crippen LogP contribution is -1.95. The fraction of sp³-hybridized carbons (Fsp3) is 0.250. The number of hydrogen-bond acceptors (Lipinski definition) is 4. The third-order valence-electron chi connectivity index (χ3n) is 2.80. The van der Waals surface area contributed by atoms with Crippen LogP contribution in [-0.2, 0) is 0 Å². The summed E-state index contributed by atoms with van der Waals surface area (Å²) in [6.45, 7) is 2.87. The average Bonchev–Trinajstić information content (AvgIpc) is 2.96. The van der Waals surface area contributed by atoms with Gasteiger partial charge in [0.2, 0.25) is 0 Å². The Kier molecular flexibility index (Phi) is 5.51. The van der Waals surface area contributed by atoms with Crippen molar-refractivity contribution in [3.63, 3.8) is 0 Å². The maximum absolute atomic E-state index is 10.8.